The van der Waals surface area contributed by atoms with E-state index in [0.717, 1.165) is 13.1 Å². The molecule has 0 spiro atoms. The number of rotatable bonds is 2. The molecule has 1 rings (SSSR count). The van der Waals surface area contributed by atoms with E-state index in [-0.39, 0.29) is 40.1 Å². The van der Waals surface area contributed by atoms with Crippen LogP contribution < -0.4 is 5.73 Å². The maximum atomic E-state index is 4.50. The van der Waals surface area contributed by atoms with E-state index in [1.54, 1.807) is 12.5 Å². The molecule has 0 bridgehead atoms. The van der Waals surface area contributed by atoms with Gasteiger partial charge >= 0.3 is 0 Å². The van der Waals surface area contributed by atoms with Gasteiger partial charge in [0.15, 0.2) is 0 Å². The second-order valence-electron chi connectivity index (χ2n) is 2.53. The van der Waals surface area contributed by atoms with E-state index < -0.39 is 0 Å². The first kappa shape index (κ1) is 43.2. The molecule has 0 fully saturated rings. The molecule has 0 unspecified atom stereocenters. The summed E-state index contributed by atoms with van der Waals surface area (Å²) in [6, 6.07) is 0. The third-order valence-electron chi connectivity index (χ3n) is 1.40. The van der Waals surface area contributed by atoms with E-state index >= 15 is 0 Å². The van der Waals surface area contributed by atoms with Gasteiger partial charge in [-0.25, -0.2) is 4.98 Å². The fourth-order valence-corrected chi connectivity index (χ4v) is 0.438. The van der Waals surface area contributed by atoms with E-state index in [4.69, 9.17) is 0 Å². The Bertz CT molecular complexity index is 177. The van der Waals surface area contributed by atoms with Crippen molar-refractivity contribution in [3.8, 4) is 0 Å². The molecule has 4 nitrogen and oxygen atoms in total. The first-order valence-corrected chi connectivity index (χ1v) is 7.47. The molecule has 0 saturated heterocycles. The summed E-state index contributed by atoms with van der Waals surface area (Å²) in [5, 5.41) is 0. The van der Waals surface area contributed by atoms with Crippen molar-refractivity contribution in [3.05, 3.63) is 32.6 Å². The Balaban J connectivity index is -0.0000000266. The summed E-state index contributed by atoms with van der Waals surface area (Å²) in [5.74, 6) is 0. The molecule has 0 aromatic carbocycles. The van der Waals surface area contributed by atoms with Crippen LogP contribution in [0.2, 0.25) is 0 Å². The summed E-state index contributed by atoms with van der Waals surface area (Å²) in [6.07, 6.45) is 5.39. The van der Waals surface area contributed by atoms with Crippen LogP contribution in [0.25, 0.3) is 0 Å². The van der Waals surface area contributed by atoms with Crippen molar-refractivity contribution in [2.45, 2.75) is 49.0 Å². The molecule has 1 aromatic heterocycles. The van der Waals surface area contributed by atoms with Gasteiger partial charge in [-0.05, 0) is 14.1 Å². The summed E-state index contributed by atoms with van der Waals surface area (Å²) in [7, 11) is 5.42. The number of imidazole rings is 1. The van der Waals surface area contributed by atoms with Gasteiger partial charge in [0.25, 0.3) is 0 Å². The number of hydrogen-bond acceptors (Lipinski definition) is 3. The monoisotopic (exact) mass is 393 g/mol. The molecule has 0 aliphatic rings. The average Bonchev–Trinajstić information content (AvgIpc) is 3.06. The summed E-state index contributed by atoms with van der Waals surface area (Å²) in [4.78, 5) is 5.81. The quantitative estimate of drug-likeness (QED) is 0.763. The predicted octanol–water partition coefficient (Wildman–Crippen LogP) is 4.29. The number of nitrogens with two attached hydrogens (primary N) is 1. The minimum Gasteiger partial charge on any atom is -0.365 e. The summed E-state index contributed by atoms with van der Waals surface area (Å²) >= 11 is 0. The topological polar surface area (TPSA) is 47.1 Å². The summed E-state index contributed by atoms with van der Waals surface area (Å²) < 4.78 is 1.89. The minimum atomic E-state index is 0. The van der Waals surface area contributed by atoms with Crippen molar-refractivity contribution in [1.82, 2.24) is 14.5 Å². The summed E-state index contributed by atoms with van der Waals surface area (Å²) in [5.41, 5.74) is 4.50. The third kappa shape index (κ3) is 59.3. The molecule has 0 atom stereocenters. The fourth-order valence-electron chi connectivity index (χ4n) is 0.438. The zero-order valence-corrected chi connectivity index (χ0v) is 18.9. The van der Waals surface area contributed by atoms with Crippen LogP contribution in [0.5, 0.6) is 0 Å². The molecule has 5 heteroatoms. The molecule has 2 N–H and O–H groups in total. The van der Waals surface area contributed by atoms with Crippen molar-refractivity contribution >= 4 is 0 Å². The number of aromatic nitrogens is 2. The van der Waals surface area contributed by atoms with E-state index in [2.05, 4.69) is 24.6 Å². The maximum absolute atomic E-state index is 4.50. The molecule has 0 amide bonds. The third-order valence-corrected chi connectivity index (χ3v) is 1.40. The second kappa shape index (κ2) is 58.1. The number of aryl methyl sites for hydroxylation is 1. The standard InChI is InChI=1S/C5H11N.C4H6N2.3C2H6.CH5N.CH4.Y/c1-4-6(3)5-2;1-6-3-2-5-4-6;4*1-2;;/h1-2,4-5H2,3H3;2-4H,1H3;3*1-2H3;2H2,1H3;1H4;/q-2;;;;;;;. The van der Waals surface area contributed by atoms with Crippen molar-refractivity contribution in [3.63, 3.8) is 0 Å². The number of nitrogens with zero attached hydrogens (tertiary/aromatic N) is 3. The van der Waals surface area contributed by atoms with Crippen LogP contribution in [0.15, 0.2) is 18.7 Å². The minimum absolute atomic E-state index is 0. The van der Waals surface area contributed by atoms with E-state index in [1.807, 2.05) is 71.3 Å². The van der Waals surface area contributed by atoms with Gasteiger partial charge in [-0.1, -0.05) is 49.0 Å². The Hall–Kier alpha value is 0.234. The van der Waals surface area contributed by atoms with Gasteiger partial charge in [0.05, 0.1) is 6.33 Å². The zero-order valence-electron chi connectivity index (χ0n) is 16.1. The zero-order chi connectivity index (χ0) is 17.4. The van der Waals surface area contributed by atoms with E-state index in [1.165, 1.54) is 7.05 Å². The van der Waals surface area contributed by atoms with Crippen LogP contribution >= 0.6 is 0 Å². The van der Waals surface area contributed by atoms with Gasteiger partial charge in [-0.2, -0.15) is 0 Å². The smallest absolute Gasteiger partial charge is 0.0943 e. The maximum Gasteiger partial charge on any atom is 0.0943 e. The molecular weight excluding hydrogens is 349 g/mol. The van der Waals surface area contributed by atoms with E-state index in [9.17, 15) is 0 Å². The van der Waals surface area contributed by atoms with Crippen LogP contribution in [0.3, 0.4) is 0 Å². The number of hydrogen-bond donors (Lipinski definition) is 1. The Morgan fingerprint density at radius 2 is 1.32 bits per heavy atom. The second-order valence-corrected chi connectivity index (χ2v) is 2.53. The molecule has 22 heavy (non-hydrogen) atoms. The van der Waals surface area contributed by atoms with Gasteiger partial charge in [-0.15, -0.1) is 13.1 Å². The first-order chi connectivity index (χ1) is 9.70. The summed E-state index contributed by atoms with van der Waals surface area (Å²) in [6.45, 7) is 21.0. The van der Waals surface area contributed by atoms with Crippen molar-refractivity contribution < 1.29 is 32.7 Å². The van der Waals surface area contributed by atoms with Gasteiger partial charge < -0.3 is 29.0 Å². The largest absolute Gasteiger partial charge is 0.365 e. The van der Waals surface area contributed by atoms with Gasteiger partial charge in [-0.3, -0.25) is 0 Å². The van der Waals surface area contributed by atoms with Crippen LogP contribution in [-0.4, -0.2) is 41.6 Å². The Labute approximate surface area is 168 Å². The molecule has 1 aromatic rings. The fraction of sp³-hybridized carbons (Fsp3) is 0.706. The van der Waals surface area contributed by atoms with Gasteiger partial charge in [0.1, 0.15) is 0 Å². The van der Waals surface area contributed by atoms with Crippen molar-refractivity contribution in [1.29, 1.82) is 0 Å². The predicted molar refractivity (Wildman–Crippen MR) is 102 cm³/mol. The van der Waals surface area contributed by atoms with Crippen molar-refractivity contribution in [2.24, 2.45) is 12.8 Å². The molecule has 137 valence electrons. The molecule has 0 saturated carbocycles. The van der Waals surface area contributed by atoms with Crippen molar-refractivity contribution in [2.75, 3.05) is 27.2 Å². The molecule has 0 aliphatic carbocycles. The molecule has 1 heterocycles. The van der Waals surface area contributed by atoms with Gasteiger partial charge in [0, 0.05) is 52.2 Å². The van der Waals surface area contributed by atoms with Crippen LogP contribution in [0.4, 0.5) is 0 Å². The Kier molecular flexibility index (Phi) is 114. The Morgan fingerprint density at radius 3 is 1.36 bits per heavy atom. The molecule has 1 radical (unpaired) electrons. The van der Waals surface area contributed by atoms with Gasteiger partial charge in [0.2, 0.25) is 0 Å². The molecule has 0 aliphatic heterocycles. The van der Waals surface area contributed by atoms with Crippen LogP contribution in [0.1, 0.15) is 49.0 Å². The normalized spacial score (nSPS) is 6.23. The first-order valence-electron chi connectivity index (χ1n) is 7.47. The Morgan fingerprint density at radius 1 is 1.00 bits per heavy atom. The van der Waals surface area contributed by atoms with Crippen LogP contribution in [0, 0.1) is 13.8 Å². The SMILES string of the molecule is C.CC.CC.CC.CN.Cn1ccnc1.[CH2-]CN(C)C[CH2-].[Y]. The average molecular weight is 393 g/mol. The van der Waals surface area contributed by atoms with E-state index in [0.29, 0.717) is 0 Å². The van der Waals surface area contributed by atoms with Crippen LogP contribution in [-0.2, 0) is 39.8 Å². The molecular formula is C17H44N4Y-2.